The minimum atomic E-state index is -0.0473. The van der Waals surface area contributed by atoms with Crippen molar-refractivity contribution in [2.45, 2.75) is 52.5 Å². The van der Waals surface area contributed by atoms with Crippen molar-refractivity contribution in [1.82, 2.24) is 25.6 Å². The molecule has 3 N–H and O–H groups in total. The summed E-state index contributed by atoms with van der Waals surface area (Å²) in [7, 11) is 0. The predicted octanol–water partition coefficient (Wildman–Crippen LogP) is 3.54. The molecule has 0 radical (unpaired) electrons. The van der Waals surface area contributed by atoms with E-state index in [-0.39, 0.29) is 5.41 Å². The van der Waals surface area contributed by atoms with Crippen molar-refractivity contribution in [2.24, 2.45) is 4.99 Å². The smallest absolute Gasteiger partial charge is 0.216 e. The molecule has 2 heterocycles. The van der Waals surface area contributed by atoms with Crippen molar-refractivity contribution in [2.75, 3.05) is 13.1 Å². The zero-order valence-electron chi connectivity index (χ0n) is 17.2. The van der Waals surface area contributed by atoms with Gasteiger partial charge in [-0.1, -0.05) is 32.9 Å². The maximum atomic E-state index is 5.80. The SMILES string of the molecule is CCNC(=NCc1ncc(C(C)(C)C)o1)NCCCc1nc2ccccc2[nH]1. The molecular weight excluding hydrogens is 352 g/mol. The first-order chi connectivity index (χ1) is 13.5. The Hall–Kier alpha value is -2.83. The van der Waals surface area contributed by atoms with Crippen molar-refractivity contribution >= 4 is 17.0 Å². The van der Waals surface area contributed by atoms with Gasteiger partial charge in [0.2, 0.25) is 5.89 Å². The highest BCUT2D eigenvalue weighted by molar-refractivity contribution is 5.79. The number of imidazole rings is 1. The van der Waals surface area contributed by atoms with Gasteiger partial charge in [-0.25, -0.2) is 15.0 Å². The second kappa shape index (κ2) is 8.91. The first-order valence-corrected chi connectivity index (χ1v) is 9.86. The number of rotatable bonds is 7. The van der Waals surface area contributed by atoms with Crippen LogP contribution in [0.5, 0.6) is 0 Å². The molecule has 150 valence electrons. The normalized spacial score (nSPS) is 12.5. The Morgan fingerprint density at radius 3 is 2.75 bits per heavy atom. The lowest BCUT2D eigenvalue weighted by atomic mass is 9.94. The lowest BCUT2D eigenvalue weighted by Crippen LogP contribution is -2.37. The van der Waals surface area contributed by atoms with Crippen LogP contribution < -0.4 is 10.6 Å². The van der Waals surface area contributed by atoms with Crippen molar-refractivity contribution < 1.29 is 4.42 Å². The maximum Gasteiger partial charge on any atom is 0.216 e. The molecule has 7 heteroatoms. The van der Waals surface area contributed by atoms with Crippen molar-refractivity contribution in [3.8, 4) is 0 Å². The van der Waals surface area contributed by atoms with Gasteiger partial charge in [0.15, 0.2) is 5.96 Å². The Bertz CT molecular complexity index is 885. The Morgan fingerprint density at radius 1 is 1.21 bits per heavy atom. The second-order valence-electron chi connectivity index (χ2n) is 7.79. The average Bonchev–Trinajstić information content (AvgIpc) is 3.29. The third kappa shape index (κ3) is 5.34. The quantitative estimate of drug-likeness (QED) is 0.330. The molecule has 0 aliphatic rings. The number of H-pyrrole nitrogens is 1. The molecule has 3 rings (SSSR count). The van der Waals surface area contributed by atoms with Crippen LogP contribution in [0.3, 0.4) is 0 Å². The number of benzene rings is 1. The number of hydrogen-bond acceptors (Lipinski definition) is 4. The number of aromatic nitrogens is 3. The van der Waals surface area contributed by atoms with E-state index in [2.05, 4.69) is 58.3 Å². The Kier molecular flexibility index (Phi) is 6.34. The number of guanidine groups is 1. The molecule has 0 aliphatic carbocycles. The van der Waals surface area contributed by atoms with E-state index in [0.29, 0.717) is 12.4 Å². The fourth-order valence-corrected chi connectivity index (χ4v) is 2.81. The fraction of sp³-hybridized carbons (Fsp3) is 0.476. The standard InChI is InChI=1S/C21H30N6O/c1-5-22-20(25-14-19-24-13-17(28-19)21(2,3)4)23-12-8-11-18-26-15-9-6-7-10-16(15)27-18/h6-7,9-10,13H,5,8,11-12,14H2,1-4H3,(H,26,27)(H2,22,23,25). The number of aryl methyl sites for hydroxylation is 1. The number of aliphatic imine (C=N–C) groups is 1. The third-order valence-electron chi connectivity index (χ3n) is 4.33. The highest BCUT2D eigenvalue weighted by Crippen LogP contribution is 2.22. The molecule has 7 nitrogen and oxygen atoms in total. The molecule has 0 amide bonds. The highest BCUT2D eigenvalue weighted by atomic mass is 16.4. The molecule has 3 aromatic rings. The lowest BCUT2D eigenvalue weighted by molar-refractivity contribution is 0.383. The van der Waals surface area contributed by atoms with Crippen LogP contribution in [0, 0.1) is 0 Å². The van der Waals surface area contributed by atoms with Crippen LogP contribution in [0.1, 0.15) is 51.6 Å². The Labute approximate surface area is 166 Å². The van der Waals surface area contributed by atoms with Crippen LogP contribution in [0.25, 0.3) is 11.0 Å². The number of hydrogen-bond donors (Lipinski definition) is 3. The summed E-state index contributed by atoms with van der Waals surface area (Å²) in [6.07, 6.45) is 3.63. The van der Waals surface area contributed by atoms with Crippen LogP contribution >= 0.6 is 0 Å². The average molecular weight is 383 g/mol. The molecule has 0 fully saturated rings. The van der Waals surface area contributed by atoms with E-state index >= 15 is 0 Å². The van der Waals surface area contributed by atoms with E-state index in [4.69, 9.17) is 4.42 Å². The van der Waals surface area contributed by atoms with Gasteiger partial charge >= 0.3 is 0 Å². The number of nitrogens with zero attached hydrogens (tertiary/aromatic N) is 3. The molecule has 1 aromatic carbocycles. The molecule has 0 bridgehead atoms. The first-order valence-electron chi connectivity index (χ1n) is 9.86. The fourth-order valence-electron chi connectivity index (χ4n) is 2.81. The van der Waals surface area contributed by atoms with E-state index in [9.17, 15) is 0 Å². The summed E-state index contributed by atoms with van der Waals surface area (Å²) in [6, 6.07) is 8.10. The van der Waals surface area contributed by atoms with Gasteiger partial charge in [0, 0.05) is 24.9 Å². The zero-order chi connectivity index (χ0) is 20.0. The number of para-hydroxylation sites is 2. The minimum Gasteiger partial charge on any atom is -0.443 e. The largest absolute Gasteiger partial charge is 0.443 e. The second-order valence-corrected chi connectivity index (χ2v) is 7.79. The van der Waals surface area contributed by atoms with Crippen LogP contribution in [-0.2, 0) is 18.4 Å². The number of nitrogens with one attached hydrogen (secondary N) is 3. The van der Waals surface area contributed by atoms with Gasteiger partial charge in [0.05, 0.1) is 17.2 Å². The molecular formula is C21H30N6O. The van der Waals surface area contributed by atoms with Crippen molar-refractivity contribution in [3.05, 3.63) is 47.9 Å². The maximum absolute atomic E-state index is 5.80. The highest BCUT2D eigenvalue weighted by Gasteiger charge is 2.19. The number of fused-ring (bicyclic) bond motifs is 1. The van der Waals surface area contributed by atoms with Gasteiger partial charge in [-0.3, -0.25) is 0 Å². The van der Waals surface area contributed by atoms with Gasteiger partial charge in [-0.05, 0) is 25.5 Å². The molecule has 0 atom stereocenters. The van der Waals surface area contributed by atoms with Crippen LogP contribution in [0.2, 0.25) is 0 Å². The molecule has 0 aliphatic heterocycles. The molecule has 0 unspecified atom stereocenters. The van der Waals surface area contributed by atoms with E-state index in [1.54, 1.807) is 6.20 Å². The summed E-state index contributed by atoms with van der Waals surface area (Å²) < 4.78 is 5.80. The lowest BCUT2D eigenvalue weighted by Gasteiger charge is -2.13. The summed E-state index contributed by atoms with van der Waals surface area (Å²) in [5, 5.41) is 6.62. The Balaban J connectivity index is 1.49. The molecule has 0 spiro atoms. The van der Waals surface area contributed by atoms with Crippen LogP contribution in [0.15, 0.2) is 39.9 Å². The predicted molar refractivity (Wildman–Crippen MR) is 112 cm³/mol. The summed E-state index contributed by atoms with van der Waals surface area (Å²) in [4.78, 5) is 16.9. The summed E-state index contributed by atoms with van der Waals surface area (Å²) >= 11 is 0. The topological polar surface area (TPSA) is 91.1 Å². The molecule has 0 saturated heterocycles. The summed E-state index contributed by atoms with van der Waals surface area (Å²) in [5.74, 6) is 3.29. The number of aromatic amines is 1. The van der Waals surface area contributed by atoms with E-state index in [1.807, 2.05) is 24.3 Å². The van der Waals surface area contributed by atoms with Gasteiger partial charge < -0.3 is 20.0 Å². The third-order valence-corrected chi connectivity index (χ3v) is 4.33. The Morgan fingerprint density at radius 2 is 2.04 bits per heavy atom. The van der Waals surface area contributed by atoms with Gasteiger partial charge in [0.25, 0.3) is 0 Å². The monoisotopic (exact) mass is 382 g/mol. The van der Waals surface area contributed by atoms with Gasteiger partial charge in [-0.2, -0.15) is 0 Å². The van der Waals surface area contributed by atoms with Gasteiger partial charge in [0.1, 0.15) is 18.1 Å². The van der Waals surface area contributed by atoms with Gasteiger partial charge in [-0.15, -0.1) is 0 Å². The van der Waals surface area contributed by atoms with Crippen LogP contribution in [0.4, 0.5) is 0 Å². The molecule has 2 aromatic heterocycles. The van der Waals surface area contributed by atoms with E-state index in [0.717, 1.165) is 54.5 Å². The summed E-state index contributed by atoms with van der Waals surface area (Å²) in [5.41, 5.74) is 2.05. The van der Waals surface area contributed by atoms with Crippen LogP contribution in [-0.4, -0.2) is 34.0 Å². The van der Waals surface area contributed by atoms with Crippen molar-refractivity contribution in [1.29, 1.82) is 0 Å². The van der Waals surface area contributed by atoms with E-state index in [1.165, 1.54) is 0 Å². The first kappa shape index (κ1) is 19.9. The minimum absolute atomic E-state index is 0.0473. The number of oxazole rings is 1. The summed E-state index contributed by atoms with van der Waals surface area (Å²) in [6.45, 7) is 10.4. The zero-order valence-corrected chi connectivity index (χ0v) is 17.2. The van der Waals surface area contributed by atoms with E-state index < -0.39 is 0 Å². The molecule has 0 saturated carbocycles. The molecule has 28 heavy (non-hydrogen) atoms. The van der Waals surface area contributed by atoms with Crippen molar-refractivity contribution in [3.63, 3.8) is 0 Å².